The van der Waals surface area contributed by atoms with Crippen molar-refractivity contribution < 1.29 is 4.42 Å². The zero-order valence-electron chi connectivity index (χ0n) is 10.8. The molecule has 1 aliphatic rings. The molecule has 0 unspecified atom stereocenters. The van der Waals surface area contributed by atoms with Gasteiger partial charge in [-0.3, -0.25) is 0 Å². The van der Waals surface area contributed by atoms with E-state index in [4.69, 9.17) is 9.40 Å². The van der Waals surface area contributed by atoms with E-state index in [9.17, 15) is 0 Å². The maximum atomic E-state index is 5.46. The highest BCUT2D eigenvalue weighted by Gasteiger charge is 2.16. The lowest BCUT2D eigenvalue weighted by molar-refractivity contribution is 0.574. The number of imidazole rings is 1. The highest BCUT2D eigenvalue weighted by Crippen LogP contribution is 2.30. The van der Waals surface area contributed by atoms with E-state index in [-0.39, 0.29) is 0 Å². The van der Waals surface area contributed by atoms with Gasteiger partial charge in [-0.1, -0.05) is 0 Å². The van der Waals surface area contributed by atoms with Crippen LogP contribution >= 0.6 is 0 Å². The Morgan fingerprint density at radius 2 is 2.32 bits per heavy atom. The molecule has 0 aliphatic carbocycles. The molecule has 0 fully saturated rings. The molecule has 1 aromatic carbocycles. The highest BCUT2D eigenvalue weighted by molar-refractivity contribution is 5.85. The number of hydrogen-bond acceptors (Lipinski definition) is 3. The monoisotopic (exact) mass is 253 g/mol. The molecule has 0 atom stereocenters. The fraction of sp³-hybridized carbons (Fsp3) is 0.267. The summed E-state index contributed by atoms with van der Waals surface area (Å²) in [6, 6.07) is 8.23. The normalized spacial score (nSPS) is 14.4. The van der Waals surface area contributed by atoms with Crippen LogP contribution in [-0.4, -0.2) is 16.1 Å². The third-order valence-corrected chi connectivity index (χ3v) is 3.79. The molecule has 1 aliphatic heterocycles. The van der Waals surface area contributed by atoms with Crippen molar-refractivity contribution >= 4 is 16.7 Å². The van der Waals surface area contributed by atoms with Crippen LogP contribution in [-0.2, 0) is 13.5 Å². The van der Waals surface area contributed by atoms with Crippen LogP contribution in [0.5, 0.6) is 0 Å². The summed E-state index contributed by atoms with van der Waals surface area (Å²) in [6.45, 7) is 1.05. The van der Waals surface area contributed by atoms with Gasteiger partial charge in [0.1, 0.15) is 0 Å². The maximum absolute atomic E-state index is 5.46. The molecule has 0 radical (unpaired) electrons. The second-order valence-electron chi connectivity index (χ2n) is 5.00. The largest absolute Gasteiger partial charge is 0.461 e. The minimum Gasteiger partial charge on any atom is -0.461 e. The van der Waals surface area contributed by atoms with E-state index >= 15 is 0 Å². The number of rotatable bonds is 1. The maximum Gasteiger partial charge on any atom is 0.176 e. The average Bonchev–Trinajstić information content (AvgIpc) is 3.05. The molecule has 4 nitrogen and oxygen atoms in total. The Morgan fingerprint density at radius 3 is 3.16 bits per heavy atom. The lowest BCUT2D eigenvalue weighted by atomic mass is 10.0. The summed E-state index contributed by atoms with van der Waals surface area (Å²) in [5.41, 5.74) is 4.78. The number of anilines is 1. The van der Waals surface area contributed by atoms with Gasteiger partial charge < -0.3 is 14.3 Å². The van der Waals surface area contributed by atoms with Crippen molar-refractivity contribution in [3.8, 4) is 11.6 Å². The standard InChI is InChI=1S/C15H15N3O/c1-18-13-8-10-4-2-6-16-11(10)9-12(13)17-15(18)14-5-3-7-19-14/h3,5,7-9,16H,2,4,6H2,1H3. The quantitative estimate of drug-likeness (QED) is 0.724. The number of aromatic nitrogens is 2. The zero-order chi connectivity index (χ0) is 12.8. The zero-order valence-corrected chi connectivity index (χ0v) is 10.8. The van der Waals surface area contributed by atoms with Gasteiger partial charge in [-0.2, -0.15) is 0 Å². The van der Waals surface area contributed by atoms with E-state index < -0.39 is 0 Å². The molecular weight excluding hydrogens is 238 g/mol. The topological polar surface area (TPSA) is 43.0 Å². The summed E-state index contributed by atoms with van der Waals surface area (Å²) >= 11 is 0. The van der Waals surface area contributed by atoms with Crippen LogP contribution in [0, 0.1) is 0 Å². The summed E-state index contributed by atoms with van der Waals surface area (Å²) in [4.78, 5) is 4.69. The average molecular weight is 253 g/mol. The fourth-order valence-corrected chi connectivity index (χ4v) is 2.78. The Hall–Kier alpha value is -2.23. The Labute approximate surface area is 111 Å². The number of furan rings is 1. The summed E-state index contributed by atoms with van der Waals surface area (Å²) in [5, 5.41) is 3.45. The molecule has 4 heteroatoms. The van der Waals surface area contributed by atoms with Gasteiger partial charge >= 0.3 is 0 Å². The van der Waals surface area contributed by atoms with Crippen molar-refractivity contribution in [2.24, 2.45) is 7.05 Å². The van der Waals surface area contributed by atoms with Gasteiger partial charge in [-0.05, 0) is 42.7 Å². The van der Waals surface area contributed by atoms with E-state index in [2.05, 4.69) is 22.0 Å². The van der Waals surface area contributed by atoms with E-state index in [1.165, 1.54) is 17.7 Å². The van der Waals surface area contributed by atoms with Gasteiger partial charge in [-0.25, -0.2) is 4.98 Å². The molecule has 4 rings (SSSR count). The van der Waals surface area contributed by atoms with Crippen LogP contribution in [0.3, 0.4) is 0 Å². The summed E-state index contributed by atoms with van der Waals surface area (Å²) < 4.78 is 7.56. The Bertz CT molecular complexity index is 740. The molecule has 0 saturated carbocycles. The molecule has 0 saturated heterocycles. The molecule has 0 amide bonds. The SMILES string of the molecule is Cn1c(-c2ccco2)nc2cc3c(cc21)CCCN3. The van der Waals surface area contributed by atoms with Gasteiger partial charge in [0, 0.05) is 19.3 Å². The fourth-order valence-electron chi connectivity index (χ4n) is 2.78. The van der Waals surface area contributed by atoms with Gasteiger partial charge in [-0.15, -0.1) is 0 Å². The van der Waals surface area contributed by atoms with Crippen LogP contribution in [0.2, 0.25) is 0 Å². The van der Waals surface area contributed by atoms with Crippen LogP contribution in [0.4, 0.5) is 5.69 Å². The van der Waals surface area contributed by atoms with Crippen molar-refractivity contribution in [3.05, 3.63) is 36.1 Å². The van der Waals surface area contributed by atoms with Crippen molar-refractivity contribution in [1.29, 1.82) is 0 Å². The van der Waals surface area contributed by atoms with Crippen molar-refractivity contribution in [2.75, 3.05) is 11.9 Å². The lowest BCUT2D eigenvalue weighted by Crippen LogP contribution is -2.11. The van der Waals surface area contributed by atoms with E-state index in [0.29, 0.717) is 0 Å². The van der Waals surface area contributed by atoms with Gasteiger partial charge in [0.15, 0.2) is 11.6 Å². The first-order chi connectivity index (χ1) is 9.33. The first kappa shape index (κ1) is 10.7. The lowest BCUT2D eigenvalue weighted by Gasteiger charge is -2.17. The van der Waals surface area contributed by atoms with Crippen LogP contribution in [0.15, 0.2) is 34.9 Å². The Balaban J connectivity index is 1.96. The third kappa shape index (κ3) is 1.56. The third-order valence-electron chi connectivity index (χ3n) is 3.79. The predicted octanol–water partition coefficient (Wildman–Crippen LogP) is 3.19. The molecule has 96 valence electrons. The van der Waals surface area contributed by atoms with Crippen LogP contribution in [0.1, 0.15) is 12.0 Å². The first-order valence-corrected chi connectivity index (χ1v) is 6.60. The number of fused-ring (bicyclic) bond motifs is 2. The minimum atomic E-state index is 0.810. The smallest absolute Gasteiger partial charge is 0.176 e. The summed E-state index contributed by atoms with van der Waals surface area (Å²) in [5.74, 6) is 1.69. The molecule has 19 heavy (non-hydrogen) atoms. The molecular formula is C15H15N3O. The minimum absolute atomic E-state index is 0.810. The number of aryl methyl sites for hydroxylation is 2. The van der Waals surface area contributed by atoms with Crippen molar-refractivity contribution in [3.63, 3.8) is 0 Å². The number of benzene rings is 1. The summed E-state index contributed by atoms with van der Waals surface area (Å²) in [6.07, 6.45) is 4.02. The Morgan fingerprint density at radius 1 is 1.37 bits per heavy atom. The number of nitrogens with one attached hydrogen (secondary N) is 1. The van der Waals surface area contributed by atoms with E-state index in [1.807, 2.05) is 19.2 Å². The van der Waals surface area contributed by atoms with Crippen molar-refractivity contribution in [1.82, 2.24) is 9.55 Å². The number of hydrogen-bond donors (Lipinski definition) is 1. The van der Waals surface area contributed by atoms with Crippen LogP contribution < -0.4 is 5.32 Å². The highest BCUT2D eigenvalue weighted by atomic mass is 16.3. The molecule has 2 aromatic heterocycles. The van der Waals surface area contributed by atoms with Gasteiger partial charge in [0.25, 0.3) is 0 Å². The second kappa shape index (κ2) is 3.88. The molecule has 0 spiro atoms. The number of nitrogens with zero attached hydrogens (tertiary/aromatic N) is 2. The van der Waals surface area contributed by atoms with E-state index in [0.717, 1.165) is 35.6 Å². The van der Waals surface area contributed by atoms with Gasteiger partial charge in [0.2, 0.25) is 0 Å². The molecule has 3 aromatic rings. The molecule has 0 bridgehead atoms. The predicted molar refractivity (Wildman–Crippen MR) is 75.2 cm³/mol. The molecule has 1 N–H and O–H groups in total. The summed E-state index contributed by atoms with van der Waals surface area (Å²) in [7, 11) is 2.04. The van der Waals surface area contributed by atoms with Crippen LogP contribution in [0.25, 0.3) is 22.6 Å². The second-order valence-corrected chi connectivity index (χ2v) is 5.00. The van der Waals surface area contributed by atoms with Crippen molar-refractivity contribution in [2.45, 2.75) is 12.8 Å². The van der Waals surface area contributed by atoms with E-state index in [1.54, 1.807) is 6.26 Å². The molecule has 3 heterocycles. The Kier molecular flexibility index (Phi) is 2.18. The first-order valence-electron chi connectivity index (χ1n) is 6.60. The van der Waals surface area contributed by atoms with Gasteiger partial charge in [0.05, 0.1) is 17.3 Å².